The molecule has 0 unspecified atom stereocenters. The van der Waals surface area contributed by atoms with Gasteiger partial charge in [0.05, 0.1) is 0 Å². The first-order chi connectivity index (χ1) is 8.66. The Morgan fingerprint density at radius 2 is 1.94 bits per heavy atom. The lowest BCUT2D eigenvalue weighted by Crippen LogP contribution is -2.20. The van der Waals surface area contributed by atoms with Crippen LogP contribution in [0.5, 0.6) is 0 Å². The molecule has 104 valence electrons. The van der Waals surface area contributed by atoms with Crippen molar-refractivity contribution in [2.75, 3.05) is 0 Å². The van der Waals surface area contributed by atoms with Crippen LogP contribution in [0.2, 0.25) is 0 Å². The van der Waals surface area contributed by atoms with E-state index in [0.717, 1.165) is 0 Å². The molecule has 0 saturated carbocycles. The molecule has 0 fully saturated rings. The first kappa shape index (κ1) is 17.0. The Morgan fingerprint density at radius 3 is 2.44 bits per heavy atom. The molecule has 0 radical (unpaired) electrons. The molecule has 0 aromatic heterocycles. The largest absolute Gasteiger partial charge is 0.0985 e. The maximum Gasteiger partial charge on any atom is 0 e. The van der Waals surface area contributed by atoms with Gasteiger partial charge in [0.1, 0.15) is 0 Å². The van der Waals surface area contributed by atoms with Gasteiger partial charge in [0.2, 0.25) is 0 Å². The monoisotopic (exact) mass is 248 g/mol. The number of rotatable bonds is 6. The Balaban J connectivity index is 0. The van der Waals surface area contributed by atoms with E-state index in [4.69, 9.17) is 0 Å². The fourth-order valence-electron chi connectivity index (χ4n) is 2.13. The van der Waals surface area contributed by atoms with Crippen LogP contribution < -0.4 is 0 Å². The second-order valence-corrected chi connectivity index (χ2v) is 4.85. The second-order valence-electron chi connectivity index (χ2n) is 4.85. The van der Waals surface area contributed by atoms with Gasteiger partial charge in [-0.3, -0.25) is 0 Å². The van der Waals surface area contributed by atoms with Gasteiger partial charge in [0.25, 0.3) is 0 Å². The van der Waals surface area contributed by atoms with E-state index in [1.807, 2.05) is 19.9 Å². The Kier molecular flexibility index (Phi) is 8.45. The summed E-state index contributed by atoms with van der Waals surface area (Å²) in [7, 11) is 0. The van der Waals surface area contributed by atoms with Gasteiger partial charge in [-0.1, -0.05) is 84.4 Å². The molecule has 0 N–H and O–H groups in total. The van der Waals surface area contributed by atoms with Gasteiger partial charge in [-0.15, -0.1) is 0 Å². The van der Waals surface area contributed by atoms with Gasteiger partial charge in [0.15, 0.2) is 0 Å². The summed E-state index contributed by atoms with van der Waals surface area (Å²) in [6.45, 7) is 14.8. The van der Waals surface area contributed by atoms with Crippen molar-refractivity contribution in [3.63, 3.8) is 0 Å². The van der Waals surface area contributed by atoms with E-state index >= 15 is 0 Å². The summed E-state index contributed by atoms with van der Waals surface area (Å²) in [4.78, 5) is 0. The molecule has 0 heteroatoms. The smallest absolute Gasteiger partial charge is 0 e. The topological polar surface area (TPSA) is 0 Å². The van der Waals surface area contributed by atoms with E-state index in [9.17, 15) is 0 Å². The molecule has 1 aromatic rings. The molecule has 1 aromatic carbocycles. The van der Waals surface area contributed by atoms with Crippen molar-refractivity contribution in [1.82, 2.24) is 0 Å². The minimum absolute atomic E-state index is 0. The lowest BCUT2D eigenvalue weighted by molar-refractivity contribution is 0.403. The van der Waals surface area contributed by atoms with Crippen LogP contribution in [-0.2, 0) is 5.41 Å². The van der Waals surface area contributed by atoms with Crippen LogP contribution in [0.3, 0.4) is 0 Å². The molecule has 0 heterocycles. The summed E-state index contributed by atoms with van der Waals surface area (Å²) in [6.07, 6.45) is 6.99. The molecular weight excluding hydrogens is 216 g/mol. The zero-order chi connectivity index (χ0) is 14.0. The number of hydrogen-bond acceptors (Lipinski definition) is 0. The molecule has 0 aliphatic rings. The van der Waals surface area contributed by atoms with Crippen LogP contribution in [0, 0.1) is 0 Å². The SMILES string of the molecule is C=Cc1cccc([C@@](C)(CC)CCCC)c1.CC.[HH]. The first-order valence-electron chi connectivity index (χ1n) is 7.39. The number of hydrogen-bond donors (Lipinski definition) is 0. The van der Waals surface area contributed by atoms with E-state index in [1.165, 1.54) is 36.8 Å². The molecule has 0 amide bonds. The summed E-state index contributed by atoms with van der Waals surface area (Å²) in [5.41, 5.74) is 3.02. The molecule has 0 spiro atoms. The van der Waals surface area contributed by atoms with E-state index in [2.05, 4.69) is 51.6 Å². The third-order valence-corrected chi connectivity index (χ3v) is 3.68. The normalized spacial score (nSPS) is 13.2. The van der Waals surface area contributed by atoms with Gasteiger partial charge in [0, 0.05) is 1.43 Å². The number of benzene rings is 1. The third-order valence-electron chi connectivity index (χ3n) is 3.68. The van der Waals surface area contributed by atoms with Crippen LogP contribution in [0.25, 0.3) is 6.08 Å². The average molecular weight is 248 g/mol. The minimum Gasteiger partial charge on any atom is -0.0985 e. The van der Waals surface area contributed by atoms with Crippen LogP contribution >= 0.6 is 0 Å². The van der Waals surface area contributed by atoms with Crippen molar-refractivity contribution in [2.24, 2.45) is 0 Å². The fraction of sp³-hybridized carbons (Fsp3) is 0.556. The second kappa shape index (κ2) is 8.97. The van der Waals surface area contributed by atoms with Crippen molar-refractivity contribution in [3.8, 4) is 0 Å². The molecular formula is C18H32. The maximum atomic E-state index is 3.84. The standard InChI is InChI=1S/C16H24.C2H6.H2/c1-5-8-12-16(4,7-3)15-11-9-10-14(6-2)13-15;1-2;/h6,9-11,13H,2,5,7-8,12H2,1,3-4H3;1-2H3;1H/t16-;;/m0../s1. The summed E-state index contributed by atoms with van der Waals surface area (Å²) in [5, 5.41) is 0. The van der Waals surface area contributed by atoms with Crippen LogP contribution in [0.4, 0.5) is 0 Å². The van der Waals surface area contributed by atoms with E-state index < -0.39 is 0 Å². The Hall–Kier alpha value is -1.04. The van der Waals surface area contributed by atoms with E-state index in [0.29, 0.717) is 5.41 Å². The van der Waals surface area contributed by atoms with Crippen LogP contribution in [0.15, 0.2) is 30.8 Å². The highest BCUT2D eigenvalue weighted by atomic mass is 14.3. The van der Waals surface area contributed by atoms with Gasteiger partial charge < -0.3 is 0 Å². The zero-order valence-corrected chi connectivity index (χ0v) is 12.9. The summed E-state index contributed by atoms with van der Waals surface area (Å²) >= 11 is 0. The Labute approximate surface area is 116 Å². The summed E-state index contributed by atoms with van der Waals surface area (Å²) in [5.74, 6) is 0. The van der Waals surface area contributed by atoms with Crippen LogP contribution in [-0.4, -0.2) is 0 Å². The third kappa shape index (κ3) is 4.68. The van der Waals surface area contributed by atoms with Crippen molar-refractivity contribution in [2.45, 2.75) is 65.7 Å². The highest BCUT2D eigenvalue weighted by molar-refractivity contribution is 5.49. The lowest BCUT2D eigenvalue weighted by atomic mass is 9.76. The molecule has 1 rings (SSSR count). The lowest BCUT2D eigenvalue weighted by Gasteiger charge is -2.29. The van der Waals surface area contributed by atoms with Crippen molar-refractivity contribution < 1.29 is 1.43 Å². The zero-order valence-electron chi connectivity index (χ0n) is 12.9. The Bertz CT molecular complexity index is 343. The fourth-order valence-corrected chi connectivity index (χ4v) is 2.13. The molecule has 0 bridgehead atoms. The van der Waals surface area contributed by atoms with Gasteiger partial charge >= 0.3 is 0 Å². The predicted molar refractivity (Wildman–Crippen MR) is 87.2 cm³/mol. The summed E-state index contributed by atoms with van der Waals surface area (Å²) < 4.78 is 0. The maximum absolute atomic E-state index is 3.84. The molecule has 0 nitrogen and oxygen atoms in total. The Morgan fingerprint density at radius 1 is 1.28 bits per heavy atom. The van der Waals surface area contributed by atoms with Crippen LogP contribution in [0.1, 0.15) is 72.9 Å². The van der Waals surface area contributed by atoms with Gasteiger partial charge in [-0.2, -0.15) is 0 Å². The first-order valence-corrected chi connectivity index (χ1v) is 7.39. The van der Waals surface area contributed by atoms with E-state index in [1.54, 1.807) is 0 Å². The van der Waals surface area contributed by atoms with Crippen molar-refractivity contribution >= 4 is 6.08 Å². The molecule has 1 atom stereocenters. The van der Waals surface area contributed by atoms with Crippen molar-refractivity contribution in [1.29, 1.82) is 0 Å². The molecule has 18 heavy (non-hydrogen) atoms. The average Bonchev–Trinajstić information content (AvgIpc) is 2.47. The van der Waals surface area contributed by atoms with Gasteiger partial charge in [-0.05, 0) is 29.4 Å². The molecule has 0 aliphatic carbocycles. The molecule has 0 aliphatic heterocycles. The quantitative estimate of drug-likeness (QED) is 0.542. The van der Waals surface area contributed by atoms with Gasteiger partial charge in [-0.25, -0.2) is 0 Å². The van der Waals surface area contributed by atoms with E-state index in [-0.39, 0.29) is 1.43 Å². The minimum atomic E-state index is 0. The highest BCUT2D eigenvalue weighted by Crippen LogP contribution is 2.33. The predicted octanol–water partition coefficient (Wildman–Crippen LogP) is 6.46. The highest BCUT2D eigenvalue weighted by Gasteiger charge is 2.23. The molecule has 0 saturated heterocycles. The summed E-state index contributed by atoms with van der Waals surface area (Å²) in [6, 6.07) is 8.80. The van der Waals surface area contributed by atoms with Crippen molar-refractivity contribution in [3.05, 3.63) is 42.0 Å². The number of unbranched alkanes of at least 4 members (excludes halogenated alkanes) is 1.